The Morgan fingerprint density at radius 3 is 2.33 bits per heavy atom. The number of hydrogen-bond donors (Lipinski definition) is 3. The lowest BCUT2D eigenvalue weighted by Gasteiger charge is -2.12. The van der Waals surface area contributed by atoms with Gasteiger partial charge in [-0.05, 0) is 44.9 Å². The Kier molecular flexibility index (Phi) is 3.51. The maximum Gasteiger partial charge on any atom is 0.159 e. The van der Waals surface area contributed by atoms with Crippen LogP contribution in [0.1, 0.15) is 29.8 Å². The van der Waals surface area contributed by atoms with Gasteiger partial charge in [-0.25, -0.2) is 9.97 Å². The lowest BCUT2D eigenvalue weighted by molar-refractivity contribution is 0.404. The summed E-state index contributed by atoms with van der Waals surface area (Å²) in [6, 6.07) is 5.27. The third-order valence-electron chi connectivity index (χ3n) is 3.80. The summed E-state index contributed by atoms with van der Waals surface area (Å²) in [6.07, 6.45) is 2.51. The molecular formula is C16H19N3O2. The van der Waals surface area contributed by atoms with Gasteiger partial charge in [-0.1, -0.05) is 0 Å². The first-order chi connectivity index (χ1) is 10.0. The number of phenols is 2. The lowest BCUT2D eigenvalue weighted by Crippen LogP contribution is -2.18. The van der Waals surface area contributed by atoms with E-state index in [-0.39, 0.29) is 11.5 Å². The molecule has 0 atom stereocenters. The number of nitrogens with zero attached hydrogens (tertiary/aromatic N) is 2. The van der Waals surface area contributed by atoms with Crippen LogP contribution in [-0.2, 0) is 6.54 Å². The van der Waals surface area contributed by atoms with Crippen LogP contribution in [0.15, 0.2) is 18.2 Å². The molecule has 1 heterocycles. The van der Waals surface area contributed by atoms with E-state index in [9.17, 15) is 10.2 Å². The Balaban J connectivity index is 1.90. The monoisotopic (exact) mass is 285 g/mol. The number of aromatic nitrogens is 2. The molecule has 0 radical (unpaired) electrons. The maximum atomic E-state index is 9.59. The van der Waals surface area contributed by atoms with Gasteiger partial charge in [-0.3, -0.25) is 0 Å². The molecule has 21 heavy (non-hydrogen) atoms. The van der Waals surface area contributed by atoms with Gasteiger partial charge in [0.05, 0.1) is 0 Å². The summed E-state index contributed by atoms with van der Waals surface area (Å²) in [5.74, 6) is 0.263. The number of nitrogens with one attached hydrogen (secondary N) is 1. The minimum absolute atomic E-state index is 0.141. The molecule has 1 saturated carbocycles. The van der Waals surface area contributed by atoms with E-state index >= 15 is 0 Å². The summed E-state index contributed by atoms with van der Waals surface area (Å²) in [6.45, 7) is 4.74. The van der Waals surface area contributed by atoms with Crippen LogP contribution in [-0.4, -0.2) is 26.2 Å². The third kappa shape index (κ3) is 2.97. The van der Waals surface area contributed by atoms with Crippen molar-refractivity contribution in [2.75, 3.05) is 0 Å². The molecule has 2 aromatic rings. The summed E-state index contributed by atoms with van der Waals surface area (Å²) in [5.41, 5.74) is 3.71. The van der Waals surface area contributed by atoms with E-state index in [1.54, 1.807) is 6.07 Å². The van der Waals surface area contributed by atoms with Crippen LogP contribution in [0.2, 0.25) is 0 Å². The quantitative estimate of drug-likeness (QED) is 0.752. The predicted molar refractivity (Wildman–Crippen MR) is 80.1 cm³/mol. The molecule has 110 valence electrons. The van der Waals surface area contributed by atoms with Crippen LogP contribution in [0.25, 0.3) is 11.4 Å². The van der Waals surface area contributed by atoms with E-state index in [2.05, 4.69) is 15.3 Å². The van der Waals surface area contributed by atoms with E-state index in [1.165, 1.54) is 25.0 Å². The minimum atomic E-state index is -0.161. The van der Waals surface area contributed by atoms with Crippen LogP contribution in [0.3, 0.4) is 0 Å². The van der Waals surface area contributed by atoms with Gasteiger partial charge in [0.1, 0.15) is 0 Å². The zero-order valence-corrected chi connectivity index (χ0v) is 12.2. The van der Waals surface area contributed by atoms with Crippen molar-refractivity contribution in [1.82, 2.24) is 15.3 Å². The Bertz CT molecular complexity index is 658. The van der Waals surface area contributed by atoms with Crippen molar-refractivity contribution in [3.8, 4) is 22.9 Å². The molecular weight excluding hydrogens is 266 g/mol. The van der Waals surface area contributed by atoms with Gasteiger partial charge in [0, 0.05) is 35.1 Å². The lowest BCUT2D eigenvalue weighted by atomic mass is 10.1. The fraction of sp³-hybridized carbons (Fsp3) is 0.375. The first kappa shape index (κ1) is 13.8. The Hall–Kier alpha value is -2.14. The average molecular weight is 285 g/mol. The molecule has 3 rings (SSSR count). The minimum Gasteiger partial charge on any atom is -0.504 e. The Morgan fingerprint density at radius 1 is 1.10 bits per heavy atom. The van der Waals surface area contributed by atoms with Gasteiger partial charge in [0.2, 0.25) is 0 Å². The molecule has 0 spiro atoms. The number of phenolic OH excluding ortho intramolecular Hbond substituents is 2. The van der Waals surface area contributed by atoms with E-state index in [0.717, 1.165) is 23.5 Å². The fourth-order valence-corrected chi connectivity index (χ4v) is 2.32. The molecule has 1 aliphatic carbocycles. The predicted octanol–water partition coefficient (Wildman–Crippen LogP) is 2.42. The summed E-state index contributed by atoms with van der Waals surface area (Å²) >= 11 is 0. The molecule has 0 unspecified atom stereocenters. The number of aryl methyl sites for hydroxylation is 2. The SMILES string of the molecule is Cc1nc(-c2ccc(O)c(O)c2)nc(C)c1CNC1CC1. The zero-order valence-electron chi connectivity index (χ0n) is 12.2. The molecule has 3 N–H and O–H groups in total. The molecule has 5 heteroatoms. The highest BCUT2D eigenvalue weighted by Crippen LogP contribution is 2.29. The second kappa shape index (κ2) is 5.33. The van der Waals surface area contributed by atoms with E-state index in [4.69, 9.17) is 0 Å². The topological polar surface area (TPSA) is 78.3 Å². The molecule has 0 saturated heterocycles. The van der Waals surface area contributed by atoms with Crippen molar-refractivity contribution in [2.45, 2.75) is 39.3 Å². The molecule has 1 aliphatic rings. The van der Waals surface area contributed by atoms with Crippen molar-refractivity contribution < 1.29 is 10.2 Å². The van der Waals surface area contributed by atoms with Crippen LogP contribution in [0.5, 0.6) is 11.5 Å². The van der Waals surface area contributed by atoms with Crippen molar-refractivity contribution in [3.05, 3.63) is 35.2 Å². The molecule has 1 aromatic carbocycles. The van der Waals surface area contributed by atoms with Gasteiger partial charge in [0.15, 0.2) is 17.3 Å². The highest BCUT2D eigenvalue weighted by Gasteiger charge is 2.21. The molecule has 5 nitrogen and oxygen atoms in total. The van der Waals surface area contributed by atoms with Gasteiger partial charge in [-0.15, -0.1) is 0 Å². The Morgan fingerprint density at radius 2 is 1.76 bits per heavy atom. The smallest absolute Gasteiger partial charge is 0.159 e. The van der Waals surface area contributed by atoms with Crippen LogP contribution in [0.4, 0.5) is 0 Å². The highest BCUT2D eigenvalue weighted by atomic mass is 16.3. The van der Waals surface area contributed by atoms with Crippen molar-refractivity contribution >= 4 is 0 Å². The van der Waals surface area contributed by atoms with Crippen molar-refractivity contribution in [1.29, 1.82) is 0 Å². The van der Waals surface area contributed by atoms with Crippen LogP contribution >= 0.6 is 0 Å². The second-order valence-corrected chi connectivity index (χ2v) is 5.56. The van der Waals surface area contributed by atoms with Gasteiger partial charge < -0.3 is 15.5 Å². The molecule has 0 bridgehead atoms. The molecule has 0 aliphatic heterocycles. The summed E-state index contributed by atoms with van der Waals surface area (Å²) in [5, 5.41) is 22.4. The van der Waals surface area contributed by atoms with Crippen molar-refractivity contribution in [2.24, 2.45) is 0 Å². The van der Waals surface area contributed by atoms with Crippen LogP contribution in [0, 0.1) is 13.8 Å². The zero-order chi connectivity index (χ0) is 15.0. The summed E-state index contributed by atoms with van der Waals surface area (Å²) in [7, 11) is 0. The van der Waals surface area contributed by atoms with E-state index in [0.29, 0.717) is 17.4 Å². The number of aromatic hydroxyl groups is 2. The summed E-state index contributed by atoms with van der Waals surface area (Å²) < 4.78 is 0. The third-order valence-corrected chi connectivity index (χ3v) is 3.80. The average Bonchev–Trinajstić information content (AvgIpc) is 3.25. The van der Waals surface area contributed by atoms with E-state index in [1.807, 2.05) is 13.8 Å². The first-order valence-electron chi connectivity index (χ1n) is 7.14. The second-order valence-electron chi connectivity index (χ2n) is 5.56. The molecule has 1 aromatic heterocycles. The fourth-order valence-electron chi connectivity index (χ4n) is 2.32. The van der Waals surface area contributed by atoms with Crippen molar-refractivity contribution in [3.63, 3.8) is 0 Å². The van der Waals surface area contributed by atoms with Crippen LogP contribution < -0.4 is 5.32 Å². The Labute approximate surface area is 123 Å². The number of benzene rings is 1. The largest absolute Gasteiger partial charge is 0.504 e. The molecule has 0 amide bonds. The number of rotatable bonds is 4. The first-order valence-corrected chi connectivity index (χ1v) is 7.14. The normalized spacial score (nSPS) is 14.4. The van der Waals surface area contributed by atoms with Gasteiger partial charge >= 0.3 is 0 Å². The molecule has 1 fully saturated rings. The van der Waals surface area contributed by atoms with Gasteiger partial charge in [-0.2, -0.15) is 0 Å². The highest BCUT2D eigenvalue weighted by molar-refractivity contribution is 5.61. The van der Waals surface area contributed by atoms with Gasteiger partial charge in [0.25, 0.3) is 0 Å². The number of hydrogen-bond acceptors (Lipinski definition) is 5. The summed E-state index contributed by atoms with van der Waals surface area (Å²) in [4.78, 5) is 9.06. The maximum absolute atomic E-state index is 9.59. The standard InChI is InChI=1S/C16H19N3O2/c1-9-13(8-17-12-4-5-12)10(2)19-16(18-9)11-3-6-14(20)15(21)7-11/h3,6-7,12,17,20-21H,4-5,8H2,1-2H3. The van der Waals surface area contributed by atoms with E-state index < -0.39 is 0 Å².